The van der Waals surface area contributed by atoms with E-state index in [0.29, 0.717) is 24.5 Å². The first-order valence-electron chi connectivity index (χ1n) is 10.1. The number of pyridine rings is 1. The standard InChI is InChI=1S/C24H23F3N2O2/c1-14(16-4-3-5-17(23(16)25)24(26)27)29-20-6-9-28-21-13-22(30-2)18(12-19(20)21)15-7-10-31-11-8-15/h3-7,9,12-14,24H,8,10-11H2,1-2H3,(H,28,29)/t14-/m1/s1. The molecular formula is C24H23F3N2O2. The molecule has 0 saturated heterocycles. The van der Waals surface area contributed by atoms with Crippen molar-refractivity contribution in [2.45, 2.75) is 25.8 Å². The molecule has 1 aliphatic rings. The Morgan fingerprint density at radius 3 is 2.68 bits per heavy atom. The average molecular weight is 428 g/mol. The molecule has 0 saturated carbocycles. The largest absolute Gasteiger partial charge is 0.496 e. The molecule has 1 aromatic heterocycles. The summed E-state index contributed by atoms with van der Waals surface area (Å²) in [5, 5.41) is 4.10. The van der Waals surface area contributed by atoms with Gasteiger partial charge in [-0.1, -0.05) is 24.3 Å². The molecule has 7 heteroatoms. The van der Waals surface area contributed by atoms with Gasteiger partial charge in [-0.2, -0.15) is 0 Å². The second-order valence-electron chi connectivity index (χ2n) is 7.40. The lowest BCUT2D eigenvalue weighted by Gasteiger charge is -2.21. The van der Waals surface area contributed by atoms with Crippen LogP contribution < -0.4 is 10.1 Å². The van der Waals surface area contributed by atoms with E-state index in [1.165, 1.54) is 12.1 Å². The Kier molecular flexibility index (Phi) is 6.13. The van der Waals surface area contributed by atoms with Crippen LogP contribution in [-0.2, 0) is 4.74 Å². The van der Waals surface area contributed by atoms with Crippen LogP contribution in [0.4, 0.5) is 18.9 Å². The molecule has 1 atom stereocenters. The number of halogens is 3. The first-order chi connectivity index (χ1) is 15.0. The minimum absolute atomic E-state index is 0.184. The predicted molar refractivity (Wildman–Crippen MR) is 115 cm³/mol. The molecule has 31 heavy (non-hydrogen) atoms. The maximum atomic E-state index is 14.6. The summed E-state index contributed by atoms with van der Waals surface area (Å²) in [4.78, 5) is 4.43. The highest BCUT2D eigenvalue weighted by Gasteiger charge is 2.20. The van der Waals surface area contributed by atoms with Crippen LogP contribution in [0.25, 0.3) is 16.5 Å². The normalized spacial score (nSPS) is 15.1. The van der Waals surface area contributed by atoms with Crippen molar-refractivity contribution in [2.75, 3.05) is 25.6 Å². The van der Waals surface area contributed by atoms with Crippen molar-refractivity contribution >= 4 is 22.2 Å². The summed E-state index contributed by atoms with van der Waals surface area (Å²) in [6.07, 6.45) is 1.59. The van der Waals surface area contributed by atoms with Crippen LogP contribution in [0.15, 0.2) is 48.7 Å². The fraction of sp³-hybridized carbons (Fsp3) is 0.292. The maximum Gasteiger partial charge on any atom is 0.266 e. The van der Waals surface area contributed by atoms with Gasteiger partial charge in [-0.3, -0.25) is 4.98 Å². The molecule has 0 fully saturated rings. The number of hydrogen-bond donors (Lipinski definition) is 1. The Bertz CT molecular complexity index is 1130. The zero-order valence-corrected chi connectivity index (χ0v) is 17.3. The monoisotopic (exact) mass is 428 g/mol. The van der Waals surface area contributed by atoms with E-state index in [0.717, 1.165) is 34.7 Å². The molecule has 1 N–H and O–H groups in total. The van der Waals surface area contributed by atoms with E-state index in [9.17, 15) is 13.2 Å². The van der Waals surface area contributed by atoms with Gasteiger partial charge >= 0.3 is 0 Å². The van der Waals surface area contributed by atoms with Crippen molar-refractivity contribution in [3.8, 4) is 5.75 Å². The Hall–Kier alpha value is -3.06. The molecule has 2 heterocycles. The van der Waals surface area contributed by atoms with Crippen LogP contribution in [0.1, 0.15) is 42.5 Å². The third-order valence-corrected chi connectivity index (χ3v) is 5.50. The van der Waals surface area contributed by atoms with Crippen LogP contribution in [0.5, 0.6) is 5.75 Å². The minimum atomic E-state index is -2.86. The van der Waals surface area contributed by atoms with Crippen LogP contribution in [0.3, 0.4) is 0 Å². The number of aromatic nitrogens is 1. The van der Waals surface area contributed by atoms with Crippen molar-refractivity contribution < 1.29 is 22.6 Å². The van der Waals surface area contributed by atoms with Gasteiger partial charge in [-0.05, 0) is 31.1 Å². The minimum Gasteiger partial charge on any atom is -0.496 e. The number of benzene rings is 2. The van der Waals surface area contributed by atoms with Crippen LogP contribution in [0.2, 0.25) is 0 Å². The molecule has 0 aliphatic carbocycles. The molecule has 0 amide bonds. The fourth-order valence-electron chi connectivity index (χ4n) is 3.87. The smallest absolute Gasteiger partial charge is 0.266 e. The zero-order valence-electron chi connectivity index (χ0n) is 17.3. The molecule has 2 aromatic carbocycles. The zero-order chi connectivity index (χ0) is 22.0. The highest BCUT2D eigenvalue weighted by Crippen LogP contribution is 2.37. The van der Waals surface area contributed by atoms with E-state index < -0.39 is 23.8 Å². The molecule has 4 nitrogen and oxygen atoms in total. The van der Waals surface area contributed by atoms with Crippen LogP contribution in [-0.4, -0.2) is 25.3 Å². The Morgan fingerprint density at radius 1 is 1.16 bits per heavy atom. The fourth-order valence-corrected chi connectivity index (χ4v) is 3.87. The van der Waals surface area contributed by atoms with Gasteiger partial charge < -0.3 is 14.8 Å². The number of methoxy groups -OCH3 is 1. The molecular weight excluding hydrogens is 405 g/mol. The third kappa shape index (κ3) is 4.23. The molecule has 3 aromatic rings. The number of hydrogen-bond acceptors (Lipinski definition) is 4. The number of alkyl halides is 2. The summed E-state index contributed by atoms with van der Waals surface area (Å²) in [6.45, 7) is 2.93. The molecule has 1 aliphatic heterocycles. The summed E-state index contributed by atoms with van der Waals surface area (Å²) in [7, 11) is 1.62. The van der Waals surface area contributed by atoms with Crippen molar-refractivity contribution in [2.24, 2.45) is 0 Å². The summed E-state index contributed by atoms with van der Waals surface area (Å²) in [6, 6.07) is 9.21. The van der Waals surface area contributed by atoms with Gasteiger partial charge in [0.05, 0.1) is 37.4 Å². The first kappa shape index (κ1) is 21.2. The quantitative estimate of drug-likeness (QED) is 0.501. The predicted octanol–water partition coefficient (Wildman–Crippen LogP) is 6.30. The van der Waals surface area contributed by atoms with Crippen LogP contribution >= 0.6 is 0 Å². The third-order valence-electron chi connectivity index (χ3n) is 5.50. The van der Waals surface area contributed by atoms with Gasteiger partial charge in [-0.15, -0.1) is 0 Å². The number of anilines is 1. The molecule has 0 spiro atoms. The van der Waals surface area contributed by atoms with E-state index in [1.54, 1.807) is 26.3 Å². The highest BCUT2D eigenvalue weighted by molar-refractivity contribution is 5.95. The molecule has 4 rings (SSSR count). The molecule has 0 radical (unpaired) electrons. The van der Waals surface area contributed by atoms with E-state index in [2.05, 4.69) is 10.3 Å². The van der Waals surface area contributed by atoms with E-state index in [-0.39, 0.29) is 5.56 Å². The first-order valence-corrected chi connectivity index (χ1v) is 10.1. The van der Waals surface area contributed by atoms with Crippen molar-refractivity contribution in [1.29, 1.82) is 0 Å². The van der Waals surface area contributed by atoms with Crippen molar-refractivity contribution in [1.82, 2.24) is 4.98 Å². The van der Waals surface area contributed by atoms with E-state index in [1.807, 2.05) is 18.2 Å². The topological polar surface area (TPSA) is 43.4 Å². The van der Waals surface area contributed by atoms with Crippen molar-refractivity contribution in [3.63, 3.8) is 0 Å². The number of nitrogens with one attached hydrogen (secondary N) is 1. The van der Waals surface area contributed by atoms with Gasteiger partial charge in [0.2, 0.25) is 0 Å². The highest BCUT2D eigenvalue weighted by atomic mass is 19.3. The number of ether oxygens (including phenoxy) is 2. The van der Waals surface area contributed by atoms with Crippen LogP contribution in [0, 0.1) is 5.82 Å². The lowest BCUT2D eigenvalue weighted by Crippen LogP contribution is -2.11. The second-order valence-corrected chi connectivity index (χ2v) is 7.40. The summed E-state index contributed by atoms with van der Waals surface area (Å²) < 4.78 is 51.8. The van der Waals surface area contributed by atoms with Gasteiger partial charge in [0.15, 0.2) is 0 Å². The lowest BCUT2D eigenvalue weighted by molar-refractivity contribution is 0.146. The number of nitrogens with zero attached hydrogens (tertiary/aromatic N) is 1. The van der Waals surface area contributed by atoms with E-state index >= 15 is 0 Å². The second kappa shape index (κ2) is 8.98. The summed E-state index contributed by atoms with van der Waals surface area (Å²) in [5.74, 6) is -0.167. The average Bonchev–Trinajstić information content (AvgIpc) is 2.78. The molecule has 162 valence electrons. The Labute approximate surface area is 178 Å². The van der Waals surface area contributed by atoms with Gasteiger partial charge in [0, 0.05) is 34.5 Å². The van der Waals surface area contributed by atoms with Crippen molar-refractivity contribution in [3.05, 3.63) is 71.2 Å². The Morgan fingerprint density at radius 2 is 1.97 bits per heavy atom. The van der Waals surface area contributed by atoms with Gasteiger partial charge in [0.25, 0.3) is 6.43 Å². The van der Waals surface area contributed by atoms with Gasteiger partial charge in [0.1, 0.15) is 11.6 Å². The number of fused-ring (bicyclic) bond motifs is 1. The summed E-state index contributed by atoms with van der Waals surface area (Å²) in [5.41, 5.74) is 3.12. The molecule has 0 unspecified atom stereocenters. The Balaban J connectivity index is 1.74. The maximum absolute atomic E-state index is 14.6. The molecule has 0 bridgehead atoms. The van der Waals surface area contributed by atoms with E-state index in [4.69, 9.17) is 9.47 Å². The number of rotatable bonds is 6. The van der Waals surface area contributed by atoms with Gasteiger partial charge in [-0.25, -0.2) is 13.2 Å². The lowest BCUT2D eigenvalue weighted by atomic mass is 9.97. The SMILES string of the molecule is COc1cc2nccc(N[C@H](C)c3cccc(C(F)F)c3F)c2cc1C1=CCOCC1. The summed E-state index contributed by atoms with van der Waals surface area (Å²) >= 11 is 0.